The van der Waals surface area contributed by atoms with Crippen LogP contribution in [-0.4, -0.2) is 34.7 Å². The van der Waals surface area contributed by atoms with Crippen LogP contribution in [0.3, 0.4) is 0 Å². The van der Waals surface area contributed by atoms with E-state index in [4.69, 9.17) is 0 Å². The molecule has 0 aromatic carbocycles. The van der Waals surface area contributed by atoms with Gasteiger partial charge in [0.2, 0.25) is 0 Å². The van der Waals surface area contributed by atoms with E-state index in [1.807, 2.05) is 11.8 Å². The van der Waals surface area contributed by atoms with Gasteiger partial charge in [-0.15, -0.1) is 11.3 Å². The number of aromatic nitrogens is 1. The number of rotatable bonds is 2. The predicted octanol–water partition coefficient (Wildman–Crippen LogP) is 1.58. The van der Waals surface area contributed by atoms with Gasteiger partial charge in [0, 0.05) is 18.0 Å². The molecule has 1 fully saturated rings. The first-order valence-corrected chi connectivity index (χ1v) is 5.82. The van der Waals surface area contributed by atoms with Crippen LogP contribution >= 0.6 is 11.3 Å². The number of amides is 1. The highest BCUT2D eigenvalue weighted by Gasteiger charge is 2.27. The van der Waals surface area contributed by atoms with Gasteiger partial charge in [-0.25, -0.2) is 4.98 Å². The molecule has 0 N–H and O–H groups in total. The Balaban J connectivity index is 2.16. The molecule has 1 aliphatic heterocycles. The first-order valence-electron chi connectivity index (χ1n) is 4.94. The summed E-state index contributed by atoms with van der Waals surface area (Å²) < 4.78 is 0. The maximum atomic E-state index is 11.9. The van der Waals surface area contributed by atoms with E-state index in [0.717, 1.165) is 19.4 Å². The van der Waals surface area contributed by atoms with E-state index in [9.17, 15) is 9.59 Å². The minimum atomic E-state index is -0.0515. The highest BCUT2D eigenvalue weighted by Crippen LogP contribution is 2.20. The third-order valence-corrected chi connectivity index (χ3v) is 3.43. The summed E-state index contributed by atoms with van der Waals surface area (Å²) in [5.41, 5.74) is 0.399. The Morgan fingerprint density at radius 1 is 1.73 bits per heavy atom. The topological polar surface area (TPSA) is 50.3 Å². The fraction of sp³-hybridized carbons (Fsp3) is 0.500. The number of hydrogen-bond donors (Lipinski definition) is 0. The third kappa shape index (κ3) is 1.92. The summed E-state index contributed by atoms with van der Waals surface area (Å²) in [6.07, 6.45) is 2.78. The number of hydrogen-bond acceptors (Lipinski definition) is 4. The molecule has 0 saturated carbocycles. The van der Waals surface area contributed by atoms with Gasteiger partial charge in [0.15, 0.2) is 11.3 Å². The number of carbonyl (C=O) groups is 2. The van der Waals surface area contributed by atoms with E-state index in [-0.39, 0.29) is 5.91 Å². The van der Waals surface area contributed by atoms with Gasteiger partial charge >= 0.3 is 0 Å². The average molecular weight is 224 g/mol. The quantitative estimate of drug-likeness (QED) is 0.717. The highest BCUT2D eigenvalue weighted by atomic mass is 32.1. The molecule has 0 aliphatic carbocycles. The van der Waals surface area contributed by atoms with Gasteiger partial charge in [0.25, 0.3) is 5.91 Å². The van der Waals surface area contributed by atoms with Crippen LogP contribution in [0.5, 0.6) is 0 Å². The first-order chi connectivity index (χ1) is 7.22. The summed E-state index contributed by atoms with van der Waals surface area (Å²) >= 11 is 1.21. The fourth-order valence-corrected chi connectivity index (χ4v) is 2.41. The normalized spacial score (nSPS) is 20.6. The van der Waals surface area contributed by atoms with Crippen molar-refractivity contribution in [2.75, 3.05) is 6.54 Å². The van der Waals surface area contributed by atoms with Crippen LogP contribution in [0.25, 0.3) is 0 Å². The average Bonchev–Trinajstić information content (AvgIpc) is 2.84. The third-order valence-electron chi connectivity index (χ3n) is 2.66. The second kappa shape index (κ2) is 4.10. The SMILES string of the molecule is C[C@H]1CCCN1C(=O)c1csc(C=O)n1. The Hall–Kier alpha value is -1.23. The van der Waals surface area contributed by atoms with Crippen LogP contribution in [0.1, 0.15) is 40.1 Å². The maximum Gasteiger partial charge on any atom is 0.273 e. The Bertz CT molecular complexity index is 389. The molecule has 1 saturated heterocycles. The molecule has 5 heteroatoms. The van der Waals surface area contributed by atoms with Crippen molar-refractivity contribution in [3.8, 4) is 0 Å². The molecule has 0 radical (unpaired) electrons. The standard InChI is InChI=1S/C10H12N2O2S/c1-7-3-2-4-12(7)10(14)8-6-15-9(5-13)11-8/h5-7H,2-4H2,1H3/t7-/m0/s1. The van der Waals surface area contributed by atoms with Gasteiger partial charge in [-0.3, -0.25) is 9.59 Å². The van der Waals surface area contributed by atoms with Crippen molar-refractivity contribution in [1.82, 2.24) is 9.88 Å². The summed E-state index contributed by atoms with van der Waals surface area (Å²) in [7, 11) is 0. The lowest BCUT2D eigenvalue weighted by atomic mass is 10.2. The molecule has 1 aromatic rings. The van der Waals surface area contributed by atoms with E-state index >= 15 is 0 Å². The second-order valence-electron chi connectivity index (χ2n) is 3.68. The van der Waals surface area contributed by atoms with Crippen molar-refractivity contribution in [2.24, 2.45) is 0 Å². The van der Waals surface area contributed by atoms with Crippen LogP contribution < -0.4 is 0 Å². The van der Waals surface area contributed by atoms with Gasteiger partial charge in [-0.05, 0) is 19.8 Å². The minimum Gasteiger partial charge on any atom is -0.335 e. The Morgan fingerprint density at radius 3 is 3.07 bits per heavy atom. The van der Waals surface area contributed by atoms with Gasteiger partial charge in [0.05, 0.1) is 0 Å². The Kier molecular flexibility index (Phi) is 2.81. The summed E-state index contributed by atoms with van der Waals surface area (Å²) in [6.45, 7) is 2.84. The van der Waals surface area contributed by atoms with Gasteiger partial charge in [-0.1, -0.05) is 0 Å². The van der Waals surface area contributed by atoms with Crippen LogP contribution in [0.4, 0.5) is 0 Å². The molecule has 1 aromatic heterocycles. The number of aldehydes is 1. The summed E-state index contributed by atoms with van der Waals surface area (Å²) in [5.74, 6) is -0.0515. The minimum absolute atomic E-state index is 0.0515. The summed E-state index contributed by atoms with van der Waals surface area (Å²) in [4.78, 5) is 28.2. The van der Waals surface area contributed by atoms with E-state index < -0.39 is 0 Å². The number of thiazole rings is 1. The van der Waals surface area contributed by atoms with E-state index in [1.165, 1.54) is 11.3 Å². The zero-order valence-corrected chi connectivity index (χ0v) is 9.29. The molecular formula is C10H12N2O2S. The first kappa shape index (κ1) is 10.3. The molecule has 4 nitrogen and oxygen atoms in total. The van der Waals surface area contributed by atoms with Crippen molar-refractivity contribution in [3.63, 3.8) is 0 Å². The van der Waals surface area contributed by atoms with Crippen LogP contribution in [0, 0.1) is 0 Å². The maximum absolute atomic E-state index is 11.9. The second-order valence-corrected chi connectivity index (χ2v) is 4.57. The van der Waals surface area contributed by atoms with E-state index in [1.54, 1.807) is 5.38 Å². The van der Waals surface area contributed by atoms with Crippen molar-refractivity contribution in [1.29, 1.82) is 0 Å². The van der Waals surface area contributed by atoms with E-state index in [0.29, 0.717) is 23.0 Å². The summed E-state index contributed by atoms with van der Waals surface area (Å²) in [5, 5.41) is 2.02. The van der Waals surface area contributed by atoms with Crippen molar-refractivity contribution in [2.45, 2.75) is 25.8 Å². The lowest BCUT2D eigenvalue weighted by Gasteiger charge is -2.19. The van der Waals surface area contributed by atoms with Crippen molar-refractivity contribution < 1.29 is 9.59 Å². The number of carbonyl (C=O) groups excluding carboxylic acids is 2. The van der Waals surface area contributed by atoms with Gasteiger partial charge in [-0.2, -0.15) is 0 Å². The van der Waals surface area contributed by atoms with Crippen LogP contribution in [0.2, 0.25) is 0 Å². The predicted molar refractivity (Wildman–Crippen MR) is 57.2 cm³/mol. The van der Waals surface area contributed by atoms with Crippen molar-refractivity contribution >= 4 is 23.5 Å². The fourth-order valence-electron chi connectivity index (χ4n) is 1.82. The Labute approximate surface area is 91.9 Å². The lowest BCUT2D eigenvalue weighted by Crippen LogP contribution is -2.33. The molecule has 0 bridgehead atoms. The smallest absolute Gasteiger partial charge is 0.273 e. The van der Waals surface area contributed by atoms with Crippen molar-refractivity contribution in [3.05, 3.63) is 16.1 Å². The molecule has 2 heterocycles. The van der Waals surface area contributed by atoms with Crippen LogP contribution in [0.15, 0.2) is 5.38 Å². The lowest BCUT2D eigenvalue weighted by molar-refractivity contribution is 0.0742. The molecule has 0 unspecified atom stereocenters. The molecule has 1 atom stereocenters. The van der Waals surface area contributed by atoms with Gasteiger partial charge < -0.3 is 4.90 Å². The molecule has 80 valence electrons. The molecule has 1 amide bonds. The van der Waals surface area contributed by atoms with Crippen LogP contribution in [-0.2, 0) is 0 Å². The molecule has 0 spiro atoms. The molecule has 15 heavy (non-hydrogen) atoms. The molecule has 2 rings (SSSR count). The number of likely N-dealkylation sites (tertiary alicyclic amines) is 1. The highest BCUT2D eigenvalue weighted by molar-refractivity contribution is 7.11. The summed E-state index contributed by atoms with van der Waals surface area (Å²) in [6, 6.07) is 0.291. The zero-order chi connectivity index (χ0) is 10.8. The largest absolute Gasteiger partial charge is 0.335 e. The van der Waals surface area contributed by atoms with Gasteiger partial charge in [0.1, 0.15) is 5.69 Å². The monoisotopic (exact) mass is 224 g/mol. The number of nitrogens with zero attached hydrogens (tertiary/aromatic N) is 2. The Morgan fingerprint density at radius 2 is 2.53 bits per heavy atom. The zero-order valence-electron chi connectivity index (χ0n) is 8.47. The molecule has 1 aliphatic rings. The molecular weight excluding hydrogens is 212 g/mol. The van der Waals surface area contributed by atoms with E-state index in [2.05, 4.69) is 4.98 Å².